The van der Waals surface area contributed by atoms with Gasteiger partial charge in [-0.2, -0.15) is 0 Å². The van der Waals surface area contributed by atoms with Crippen molar-refractivity contribution in [2.24, 2.45) is 5.18 Å². The van der Waals surface area contributed by atoms with E-state index in [-0.39, 0.29) is 0 Å². The molecule has 0 aromatic heterocycles. The van der Waals surface area contributed by atoms with Crippen molar-refractivity contribution >= 4 is 6.03 Å². The topological polar surface area (TPSA) is 58.5 Å². The van der Waals surface area contributed by atoms with Gasteiger partial charge >= 0.3 is 6.03 Å². The summed E-state index contributed by atoms with van der Waals surface area (Å²) >= 11 is 0. The molecule has 1 aliphatic rings. The Morgan fingerprint density at radius 1 is 1.70 bits per heavy atom. The van der Waals surface area contributed by atoms with E-state index in [0.29, 0.717) is 0 Å². The minimum absolute atomic E-state index is 0.798. The molecule has 54 valence electrons. The molecule has 4 heteroatoms. The SMILES string of the molecule is O=NC(=O)NC1=CCCC1. The molecule has 0 aliphatic heterocycles. The lowest BCUT2D eigenvalue weighted by molar-refractivity contribution is 0.251. The molecule has 0 spiro atoms. The van der Waals surface area contributed by atoms with Crippen LogP contribution in [0.3, 0.4) is 0 Å². The quantitative estimate of drug-likeness (QED) is 0.561. The summed E-state index contributed by atoms with van der Waals surface area (Å²) in [4.78, 5) is 19.9. The number of amides is 2. The lowest BCUT2D eigenvalue weighted by Gasteiger charge is -1.96. The zero-order chi connectivity index (χ0) is 7.40. The number of nitroso groups, excluding NO2 is 1. The molecule has 2 amide bonds. The highest BCUT2D eigenvalue weighted by Gasteiger charge is 2.07. The van der Waals surface area contributed by atoms with E-state index in [1.54, 1.807) is 0 Å². The lowest BCUT2D eigenvalue weighted by Crippen LogP contribution is -2.16. The van der Waals surface area contributed by atoms with E-state index in [4.69, 9.17) is 0 Å². The van der Waals surface area contributed by atoms with Crippen molar-refractivity contribution in [3.05, 3.63) is 16.7 Å². The molecular formula is C6H8N2O2. The summed E-state index contributed by atoms with van der Waals surface area (Å²) in [6.45, 7) is 0. The summed E-state index contributed by atoms with van der Waals surface area (Å²) in [5, 5.41) is 4.58. The molecule has 0 bridgehead atoms. The maximum absolute atomic E-state index is 10.3. The van der Waals surface area contributed by atoms with Crippen molar-refractivity contribution in [2.75, 3.05) is 0 Å². The maximum atomic E-state index is 10.3. The Balaban J connectivity index is 2.37. The third-order valence-electron chi connectivity index (χ3n) is 1.39. The van der Waals surface area contributed by atoms with Crippen LogP contribution in [0.4, 0.5) is 4.79 Å². The molecule has 0 fully saturated rings. The van der Waals surface area contributed by atoms with Crippen molar-refractivity contribution in [1.82, 2.24) is 5.32 Å². The van der Waals surface area contributed by atoms with Gasteiger partial charge in [0, 0.05) is 10.9 Å². The average molecular weight is 140 g/mol. The van der Waals surface area contributed by atoms with E-state index in [1.807, 2.05) is 6.08 Å². The molecule has 0 unspecified atom stereocenters. The van der Waals surface area contributed by atoms with Gasteiger partial charge in [0.15, 0.2) is 0 Å². The van der Waals surface area contributed by atoms with Gasteiger partial charge in [-0.05, 0) is 19.3 Å². The fourth-order valence-electron chi connectivity index (χ4n) is 0.945. The molecule has 0 radical (unpaired) electrons. The Labute approximate surface area is 58.3 Å². The second-order valence-electron chi connectivity index (χ2n) is 2.14. The van der Waals surface area contributed by atoms with Crippen LogP contribution in [-0.2, 0) is 0 Å². The molecule has 1 N–H and O–H groups in total. The monoisotopic (exact) mass is 140 g/mol. The van der Waals surface area contributed by atoms with Crippen LogP contribution < -0.4 is 5.32 Å². The molecule has 0 aromatic rings. The number of carbonyl (C=O) groups excluding carboxylic acids is 1. The van der Waals surface area contributed by atoms with Gasteiger partial charge in [0.2, 0.25) is 0 Å². The predicted molar refractivity (Wildman–Crippen MR) is 36.3 cm³/mol. The van der Waals surface area contributed by atoms with Crippen molar-refractivity contribution in [2.45, 2.75) is 19.3 Å². The second kappa shape index (κ2) is 3.10. The highest BCUT2D eigenvalue weighted by molar-refractivity contribution is 5.76. The number of hydrogen-bond donors (Lipinski definition) is 1. The zero-order valence-electron chi connectivity index (χ0n) is 5.46. The number of carbonyl (C=O) groups is 1. The first-order valence-electron chi connectivity index (χ1n) is 3.16. The van der Waals surface area contributed by atoms with Crippen LogP contribution in [0.15, 0.2) is 16.9 Å². The summed E-state index contributed by atoms with van der Waals surface area (Å²) in [5.41, 5.74) is 0.824. The third-order valence-corrected chi connectivity index (χ3v) is 1.39. The van der Waals surface area contributed by atoms with Gasteiger partial charge in [0.05, 0.1) is 0 Å². The number of rotatable bonds is 1. The number of hydrogen-bond acceptors (Lipinski definition) is 2. The Hall–Kier alpha value is -1.19. The van der Waals surface area contributed by atoms with E-state index >= 15 is 0 Å². The van der Waals surface area contributed by atoms with Gasteiger partial charge in [-0.3, -0.25) is 0 Å². The first-order chi connectivity index (χ1) is 4.83. The lowest BCUT2D eigenvalue weighted by atomic mass is 10.3. The first kappa shape index (κ1) is 6.92. The maximum Gasteiger partial charge on any atom is 0.382 e. The van der Waals surface area contributed by atoms with Crippen LogP contribution in [0.25, 0.3) is 0 Å². The Morgan fingerprint density at radius 2 is 2.50 bits per heavy atom. The molecule has 4 nitrogen and oxygen atoms in total. The van der Waals surface area contributed by atoms with Crippen LogP contribution >= 0.6 is 0 Å². The number of allylic oxidation sites excluding steroid dienone is 2. The van der Waals surface area contributed by atoms with Gasteiger partial charge in [0.25, 0.3) is 0 Å². The number of nitrogens with zero attached hydrogens (tertiary/aromatic N) is 1. The highest BCUT2D eigenvalue weighted by Crippen LogP contribution is 2.14. The summed E-state index contributed by atoms with van der Waals surface area (Å²) in [7, 11) is 0. The average Bonchev–Trinajstić information content (AvgIpc) is 2.40. The molecule has 10 heavy (non-hydrogen) atoms. The summed E-state index contributed by atoms with van der Waals surface area (Å²) in [5.74, 6) is 0. The third kappa shape index (κ3) is 1.65. The van der Waals surface area contributed by atoms with Crippen molar-refractivity contribution in [3.8, 4) is 0 Å². The number of nitrogens with one attached hydrogen (secondary N) is 1. The van der Waals surface area contributed by atoms with Crippen LogP contribution in [-0.4, -0.2) is 6.03 Å². The van der Waals surface area contributed by atoms with Gasteiger partial charge < -0.3 is 5.32 Å². The first-order valence-corrected chi connectivity index (χ1v) is 3.16. The molecule has 1 rings (SSSR count). The Kier molecular flexibility index (Phi) is 2.15. The molecule has 0 saturated heterocycles. The van der Waals surface area contributed by atoms with Crippen molar-refractivity contribution in [3.63, 3.8) is 0 Å². The molecule has 0 heterocycles. The van der Waals surface area contributed by atoms with E-state index in [2.05, 4.69) is 10.5 Å². The highest BCUT2D eigenvalue weighted by atomic mass is 16.3. The fourth-order valence-corrected chi connectivity index (χ4v) is 0.945. The summed E-state index contributed by atoms with van der Waals surface area (Å²) in [6, 6.07) is -0.798. The van der Waals surface area contributed by atoms with Gasteiger partial charge in [-0.1, -0.05) is 6.08 Å². The summed E-state index contributed by atoms with van der Waals surface area (Å²) < 4.78 is 0. The van der Waals surface area contributed by atoms with E-state index in [1.165, 1.54) is 0 Å². The van der Waals surface area contributed by atoms with Gasteiger partial charge in [-0.15, -0.1) is 4.91 Å². The molecule has 0 aromatic carbocycles. The molecule has 1 aliphatic carbocycles. The largest absolute Gasteiger partial charge is 0.382 e. The molecule has 0 atom stereocenters. The van der Waals surface area contributed by atoms with E-state index < -0.39 is 6.03 Å². The van der Waals surface area contributed by atoms with Crippen LogP contribution in [0.2, 0.25) is 0 Å². The van der Waals surface area contributed by atoms with Gasteiger partial charge in [0.1, 0.15) is 0 Å². The standard InChI is InChI=1S/C6H8N2O2/c9-6(8-10)7-5-3-1-2-4-5/h3H,1-2,4H2,(H,7,9). The molecular weight excluding hydrogens is 132 g/mol. The van der Waals surface area contributed by atoms with E-state index in [0.717, 1.165) is 25.0 Å². The van der Waals surface area contributed by atoms with Crippen molar-refractivity contribution < 1.29 is 4.79 Å². The number of urea groups is 1. The predicted octanol–water partition coefficient (Wildman–Crippen LogP) is 1.53. The summed E-state index contributed by atoms with van der Waals surface area (Å²) in [6.07, 6.45) is 4.79. The van der Waals surface area contributed by atoms with E-state index in [9.17, 15) is 9.70 Å². The Morgan fingerprint density at radius 3 is 3.00 bits per heavy atom. The van der Waals surface area contributed by atoms with Crippen LogP contribution in [0.5, 0.6) is 0 Å². The van der Waals surface area contributed by atoms with Crippen LogP contribution in [0, 0.1) is 4.91 Å². The minimum atomic E-state index is -0.798. The Bertz CT molecular complexity index is 186. The second-order valence-corrected chi connectivity index (χ2v) is 2.14. The van der Waals surface area contributed by atoms with Crippen molar-refractivity contribution in [1.29, 1.82) is 0 Å². The zero-order valence-corrected chi connectivity index (χ0v) is 5.46. The van der Waals surface area contributed by atoms with Crippen LogP contribution in [0.1, 0.15) is 19.3 Å². The normalized spacial score (nSPS) is 16.2. The smallest absolute Gasteiger partial charge is 0.308 e. The van der Waals surface area contributed by atoms with Gasteiger partial charge in [-0.25, -0.2) is 4.79 Å². The minimum Gasteiger partial charge on any atom is -0.308 e. The fraction of sp³-hybridized carbons (Fsp3) is 0.500. The molecule has 0 saturated carbocycles.